The number of aromatic carboxylic acids is 1. The van der Waals surface area contributed by atoms with Crippen molar-refractivity contribution in [2.45, 2.75) is 0 Å². The molecule has 2 N–H and O–H groups in total. The molecule has 0 saturated heterocycles. The zero-order chi connectivity index (χ0) is 15.4. The minimum atomic E-state index is -0.996. The third-order valence-electron chi connectivity index (χ3n) is 2.50. The summed E-state index contributed by atoms with van der Waals surface area (Å²) in [6.45, 7) is 0. The number of hydrogen-bond acceptors (Lipinski definition) is 4. The number of halogens is 2. The molecule has 0 aliphatic rings. The van der Waals surface area contributed by atoms with Crippen LogP contribution in [0.1, 0.15) is 15.9 Å². The normalized spacial score (nSPS) is 10.8. The fourth-order valence-electron chi connectivity index (χ4n) is 1.47. The van der Waals surface area contributed by atoms with Crippen LogP contribution in [0.15, 0.2) is 50.5 Å². The number of carboxylic acids is 1. The molecule has 0 aliphatic heterocycles. The number of aromatic hydroxyl groups is 1. The number of rotatable bonds is 4. The minimum absolute atomic E-state index is 0.109. The zero-order valence-electron chi connectivity index (χ0n) is 10.5. The van der Waals surface area contributed by atoms with Gasteiger partial charge in [-0.2, -0.15) is 0 Å². The molecule has 2 rings (SSSR count). The van der Waals surface area contributed by atoms with Gasteiger partial charge in [-0.05, 0) is 73.8 Å². The summed E-state index contributed by atoms with van der Waals surface area (Å²) in [6.07, 6.45) is 1.47. The van der Waals surface area contributed by atoms with Gasteiger partial charge in [-0.25, -0.2) is 4.79 Å². The van der Waals surface area contributed by atoms with Gasteiger partial charge in [-0.15, -0.1) is 0 Å². The van der Waals surface area contributed by atoms with Crippen LogP contribution in [0, 0.1) is 0 Å². The Morgan fingerprint density at radius 1 is 1.14 bits per heavy atom. The molecule has 0 bridgehead atoms. The van der Waals surface area contributed by atoms with E-state index in [9.17, 15) is 9.90 Å². The van der Waals surface area contributed by atoms with Crippen LogP contribution >= 0.6 is 31.9 Å². The molecule has 0 spiro atoms. The number of carboxylic acid groups (broad SMARTS) is 1. The molecule has 0 aromatic heterocycles. The van der Waals surface area contributed by atoms with Crippen molar-refractivity contribution in [3.05, 3.63) is 56.5 Å². The van der Waals surface area contributed by atoms with Gasteiger partial charge in [0.25, 0.3) is 0 Å². The number of phenolic OH excluding ortho intramolecular Hbond substituents is 1. The summed E-state index contributed by atoms with van der Waals surface area (Å²) in [6, 6.07) is 9.26. The van der Waals surface area contributed by atoms with Crippen LogP contribution in [-0.2, 0) is 0 Å². The predicted octanol–water partition coefficient (Wildman–Crippen LogP) is 4.03. The maximum atomic E-state index is 10.7. The molecule has 0 aliphatic carbocycles. The molecule has 0 fully saturated rings. The molecule has 2 aromatic carbocycles. The highest BCUT2D eigenvalue weighted by Crippen LogP contribution is 2.32. The van der Waals surface area contributed by atoms with E-state index < -0.39 is 5.97 Å². The Labute approximate surface area is 137 Å². The third kappa shape index (κ3) is 4.05. The maximum absolute atomic E-state index is 10.7. The summed E-state index contributed by atoms with van der Waals surface area (Å²) in [7, 11) is 0. The summed E-state index contributed by atoms with van der Waals surface area (Å²) in [5.74, 6) is -0.464. The van der Waals surface area contributed by atoms with Crippen molar-refractivity contribution in [2.24, 2.45) is 5.16 Å². The van der Waals surface area contributed by atoms with Gasteiger partial charge >= 0.3 is 5.97 Å². The lowest BCUT2D eigenvalue weighted by atomic mass is 10.2. The third-order valence-corrected chi connectivity index (χ3v) is 3.71. The highest BCUT2D eigenvalue weighted by atomic mass is 79.9. The second-order valence-electron chi connectivity index (χ2n) is 3.99. The molecule has 108 valence electrons. The molecule has 0 heterocycles. The van der Waals surface area contributed by atoms with Crippen LogP contribution in [0.2, 0.25) is 0 Å². The first-order valence-corrected chi connectivity index (χ1v) is 7.27. The van der Waals surface area contributed by atoms with Crippen LogP contribution < -0.4 is 4.84 Å². The highest BCUT2D eigenvalue weighted by molar-refractivity contribution is 9.11. The SMILES string of the molecule is O=C(O)c1ccc(O/N=C/c2cc(Br)c(O)c(Br)c2)cc1. The molecule has 0 radical (unpaired) electrons. The minimum Gasteiger partial charge on any atom is -0.506 e. The van der Waals surface area contributed by atoms with Crippen LogP contribution in [0.4, 0.5) is 0 Å². The lowest BCUT2D eigenvalue weighted by molar-refractivity contribution is 0.0697. The Hall–Kier alpha value is -1.86. The molecule has 2 aromatic rings. The van der Waals surface area contributed by atoms with E-state index in [1.807, 2.05) is 0 Å². The fourth-order valence-corrected chi connectivity index (χ4v) is 2.69. The van der Waals surface area contributed by atoms with E-state index in [2.05, 4.69) is 37.0 Å². The van der Waals surface area contributed by atoms with Gasteiger partial charge in [0.15, 0.2) is 5.75 Å². The molecule has 0 unspecified atom stereocenters. The van der Waals surface area contributed by atoms with Crippen LogP contribution in [0.5, 0.6) is 11.5 Å². The largest absolute Gasteiger partial charge is 0.506 e. The van der Waals surface area contributed by atoms with Gasteiger partial charge in [0, 0.05) is 0 Å². The van der Waals surface area contributed by atoms with E-state index in [-0.39, 0.29) is 11.3 Å². The standard InChI is InChI=1S/C14H9Br2NO4/c15-11-5-8(6-12(16)13(11)18)7-17-21-10-3-1-9(2-4-10)14(19)20/h1-7,18H,(H,19,20)/b17-7+. The number of hydrogen-bond donors (Lipinski definition) is 2. The van der Waals surface area contributed by atoms with E-state index in [4.69, 9.17) is 9.94 Å². The van der Waals surface area contributed by atoms with Crippen molar-refractivity contribution in [1.29, 1.82) is 0 Å². The maximum Gasteiger partial charge on any atom is 0.335 e. The Kier molecular flexibility index (Phi) is 4.98. The Morgan fingerprint density at radius 2 is 1.71 bits per heavy atom. The first kappa shape index (κ1) is 15.5. The number of phenols is 1. The van der Waals surface area contributed by atoms with Crippen LogP contribution in [0.3, 0.4) is 0 Å². The average molecular weight is 415 g/mol. The van der Waals surface area contributed by atoms with Crippen molar-refractivity contribution >= 4 is 44.0 Å². The molecule has 5 nitrogen and oxygen atoms in total. The van der Waals surface area contributed by atoms with Crippen molar-refractivity contribution in [3.8, 4) is 11.5 Å². The smallest absolute Gasteiger partial charge is 0.335 e. The second-order valence-corrected chi connectivity index (χ2v) is 5.70. The monoisotopic (exact) mass is 413 g/mol. The fraction of sp³-hybridized carbons (Fsp3) is 0. The number of benzene rings is 2. The summed E-state index contributed by atoms with van der Waals surface area (Å²) in [5.41, 5.74) is 0.895. The van der Waals surface area contributed by atoms with Gasteiger partial charge < -0.3 is 15.1 Å². The number of carbonyl (C=O) groups is 1. The summed E-state index contributed by atoms with van der Waals surface area (Å²) < 4.78 is 1.06. The first-order chi connectivity index (χ1) is 9.97. The quantitative estimate of drug-likeness (QED) is 0.584. The average Bonchev–Trinajstić information content (AvgIpc) is 2.45. The topological polar surface area (TPSA) is 79.1 Å². The van der Waals surface area contributed by atoms with E-state index >= 15 is 0 Å². The van der Waals surface area contributed by atoms with Crippen molar-refractivity contribution in [1.82, 2.24) is 0 Å². The molecule has 0 amide bonds. The number of nitrogens with zero attached hydrogens (tertiary/aromatic N) is 1. The highest BCUT2D eigenvalue weighted by Gasteiger charge is 2.05. The van der Waals surface area contributed by atoms with E-state index in [1.54, 1.807) is 12.1 Å². The van der Waals surface area contributed by atoms with E-state index in [0.717, 1.165) is 0 Å². The van der Waals surface area contributed by atoms with Crippen LogP contribution in [0.25, 0.3) is 0 Å². The predicted molar refractivity (Wildman–Crippen MR) is 85.1 cm³/mol. The molecular formula is C14H9Br2NO4. The van der Waals surface area contributed by atoms with E-state index in [1.165, 1.54) is 30.5 Å². The summed E-state index contributed by atoms with van der Waals surface area (Å²) in [4.78, 5) is 15.8. The summed E-state index contributed by atoms with van der Waals surface area (Å²) in [5, 5.41) is 22.2. The Morgan fingerprint density at radius 3 is 2.24 bits per heavy atom. The van der Waals surface area contributed by atoms with Gasteiger partial charge in [0.05, 0.1) is 20.7 Å². The van der Waals surface area contributed by atoms with Crippen molar-refractivity contribution < 1.29 is 19.8 Å². The van der Waals surface area contributed by atoms with Crippen LogP contribution in [-0.4, -0.2) is 22.4 Å². The first-order valence-electron chi connectivity index (χ1n) is 5.69. The number of oxime groups is 1. The Bertz CT molecular complexity index is 676. The second kappa shape index (κ2) is 6.73. The molecular weight excluding hydrogens is 406 g/mol. The Balaban J connectivity index is 2.07. The van der Waals surface area contributed by atoms with Gasteiger partial charge in [0.1, 0.15) is 5.75 Å². The summed E-state index contributed by atoms with van der Waals surface area (Å²) >= 11 is 6.43. The van der Waals surface area contributed by atoms with Gasteiger partial charge in [-0.3, -0.25) is 0 Å². The molecule has 7 heteroatoms. The lowest BCUT2D eigenvalue weighted by Gasteiger charge is -2.02. The van der Waals surface area contributed by atoms with E-state index in [0.29, 0.717) is 20.3 Å². The van der Waals surface area contributed by atoms with Crippen molar-refractivity contribution in [3.63, 3.8) is 0 Å². The zero-order valence-corrected chi connectivity index (χ0v) is 13.6. The molecule has 0 atom stereocenters. The molecule has 0 saturated carbocycles. The van der Waals surface area contributed by atoms with Crippen molar-refractivity contribution in [2.75, 3.05) is 0 Å². The lowest BCUT2D eigenvalue weighted by Crippen LogP contribution is -1.95. The molecule has 21 heavy (non-hydrogen) atoms. The van der Waals surface area contributed by atoms with Gasteiger partial charge in [0.2, 0.25) is 0 Å². The van der Waals surface area contributed by atoms with Gasteiger partial charge in [-0.1, -0.05) is 5.16 Å².